The van der Waals surface area contributed by atoms with Gasteiger partial charge in [0.25, 0.3) is 11.5 Å². The number of hydrogen-bond donors (Lipinski definition) is 1. The van der Waals surface area contributed by atoms with Crippen molar-refractivity contribution in [1.29, 1.82) is 5.26 Å². The highest BCUT2D eigenvalue weighted by molar-refractivity contribution is 5.67. The van der Waals surface area contributed by atoms with Crippen molar-refractivity contribution in [3.05, 3.63) is 64.3 Å². The molecule has 3 aromatic rings. The third-order valence-electron chi connectivity index (χ3n) is 3.92. The van der Waals surface area contributed by atoms with E-state index in [1.165, 1.54) is 27.2 Å². The zero-order valence-electron chi connectivity index (χ0n) is 13.0. The summed E-state index contributed by atoms with van der Waals surface area (Å²) in [5.41, 5.74) is 0.980. The van der Waals surface area contributed by atoms with E-state index in [0.717, 1.165) is 0 Å². The highest BCUT2D eigenvalue weighted by Crippen LogP contribution is 2.25. The molecule has 0 amide bonds. The SMILES string of the molecule is Cc1cc(-c2c(O)[n+](CCC#N)c3ccccn3c2=O)ccc1F. The molecule has 0 spiro atoms. The molecule has 0 unspecified atom stereocenters. The molecule has 0 saturated heterocycles. The molecule has 24 heavy (non-hydrogen) atoms. The number of aromatic hydroxyl groups is 1. The fraction of sp³-hybridized carbons (Fsp3) is 0.167. The minimum absolute atomic E-state index is 0.0831. The van der Waals surface area contributed by atoms with E-state index in [2.05, 4.69) is 0 Å². The number of hydrogen-bond acceptors (Lipinski definition) is 3. The molecule has 5 nitrogen and oxygen atoms in total. The molecule has 0 aliphatic heterocycles. The third-order valence-corrected chi connectivity index (χ3v) is 3.92. The second-order valence-corrected chi connectivity index (χ2v) is 5.46. The number of halogens is 1. The number of aryl methyl sites for hydroxylation is 2. The minimum Gasteiger partial charge on any atom is -0.477 e. The van der Waals surface area contributed by atoms with Gasteiger partial charge >= 0.3 is 5.56 Å². The highest BCUT2D eigenvalue weighted by atomic mass is 19.1. The molecule has 0 saturated carbocycles. The molecule has 120 valence electrons. The van der Waals surface area contributed by atoms with Crippen LogP contribution in [-0.2, 0) is 6.54 Å². The van der Waals surface area contributed by atoms with Crippen LogP contribution in [0.5, 0.6) is 5.88 Å². The van der Waals surface area contributed by atoms with E-state index in [9.17, 15) is 14.3 Å². The summed E-state index contributed by atoms with van der Waals surface area (Å²) in [6.45, 7) is 1.83. The lowest BCUT2D eigenvalue weighted by Crippen LogP contribution is -2.40. The molecule has 0 bridgehead atoms. The van der Waals surface area contributed by atoms with E-state index in [-0.39, 0.29) is 30.2 Å². The number of nitrogens with zero attached hydrogens (tertiary/aromatic N) is 3. The van der Waals surface area contributed by atoms with E-state index in [0.29, 0.717) is 16.8 Å². The van der Waals surface area contributed by atoms with Crippen molar-refractivity contribution in [2.45, 2.75) is 19.9 Å². The van der Waals surface area contributed by atoms with Crippen molar-refractivity contribution in [3.8, 4) is 23.1 Å². The molecule has 0 aliphatic carbocycles. The molecule has 2 aromatic heterocycles. The minimum atomic E-state index is -0.401. The van der Waals surface area contributed by atoms with Gasteiger partial charge in [0.2, 0.25) is 0 Å². The summed E-state index contributed by atoms with van der Waals surface area (Å²) in [5, 5.41) is 19.5. The van der Waals surface area contributed by atoms with Gasteiger partial charge in [0.1, 0.15) is 12.4 Å². The van der Waals surface area contributed by atoms with Crippen LogP contribution >= 0.6 is 0 Å². The maximum atomic E-state index is 13.5. The topological polar surface area (TPSA) is 69.4 Å². The second-order valence-electron chi connectivity index (χ2n) is 5.46. The first-order chi connectivity index (χ1) is 11.5. The highest BCUT2D eigenvalue weighted by Gasteiger charge is 2.24. The Hall–Kier alpha value is -3.20. The van der Waals surface area contributed by atoms with E-state index in [1.807, 2.05) is 6.07 Å². The Labute approximate surface area is 137 Å². The molecule has 0 radical (unpaired) electrons. The lowest BCUT2D eigenvalue weighted by atomic mass is 10.0. The standard InChI is InChI=1S/C18H14FN3O2/c1-12-11-13(6-7-14(12)19)16-17(23)21-9-3-2-5-15(21)22(18(16)24)10-4-8-20/h2-3,5-7,9,11H,4,10H2,1H3/p+1. The Bertz CT molecular complexity index is 1030. The Morgan fingerprint density at radius 2 is 2.12 bits per heavy atom. The smallest absolute Gasteiger partial charge is 0.354 e. The normalized spacial score (nSPS) is 10.7. The summed E-state index contributed by atoms with van der Waals surface area (Å²) in [6.07, 6.45) is 1.78. The summed E-state index contributed by atoms with van der Waals surface area (Å²) >= 11 is 0. The van der Waals surface area contributed by atoms with Crippen molar-refractivity contribution in [1.82, 2.24) is 4.40 Å². The van der Waals surface area contributed by atoms with Crippen molar-refractivity contribution < 1.29 is 14.1 Å². The number of pyridine rings is 1. The van der Waals surface area contributed by atoms with Crippen LogP contribution < -0.4 is 10.1 Å². The van der Waals surface area contributed by atoms with Gasteiger partial charge in [0, 0.05) is 6.07 Å². The van der Waals surface area contributed by atoms with Crippen LogP contribution in [-0.4, -0.2) is 9.51 Å². The fourth-order valence-electron chi connectivity index (χ4n) is 2.72. The quantitative estimate of drug-likeness (QED) is 0.752. The number of benzene rings is 1. The number of nitriles is 1. The van der Waals surface area contributed by atoms with E-state index in [1.54, 1.807) is 31.3 Å². The molecule has 2 heterocycles. The van der Waals surface area contributed by atoms with Crippen molar-refractivity contribution in [2.75, 3.05) is 0 Å². The van der Waals surface area contributed by atoms with E-state index < -0.39 is 5.56 Å². The zero-order chi connectivity index (χ0) is 17.3. The molecule has 6 heteroatoms. The van der Waals surface area contributed by atoms with Gasteiger partial charge in [0.15, 0.2) is 5.56 Å². The Kier molecular flexibility index (Phi) is 4.00. The van der Waals surface area contributed by atoms with Crippen molar-refractivity contribution >= 4 is 5.65 Å². The fourth-order valence-corrected chi connectivity index (χ4v) is 2.72. The van der Waals surface area contributed by atoms with Crippen LogP contribution in [0.3, 0.4) is 0 Å². The summed E-state index contributed by atoms with van der Waals surface area (Å²) in [4.78, 5) is 12.8. The van der Waals surface area contributed by atoms with Gasteiger partial charge in [-0.05, 0) is 36.2 Å². The molecule has 3 rings (SSSR count). The van der Waals surface area contributed by atoms with E-state index >= 15 is 0 Å². The monoisotopic (exact) mass is 324 g/mol. The van der Waals surface area contributed by atoms with Gasteiger partial charge < -0.3 is 5.11 Å². The van der Waals surface area contributed by atoms with Crippen LogP contribution in [0.25, 0.3) is 16.8 Å². The van der Waals surface area contributed by atoms with E-state index in [4.69, 9.17) is 5.26 Å². The molecule has 0 aliphatic rings. The Morgan fingerprint density at radius 3 is 2.83 bits per heavy atom. The molecular formula is C18H15FN3O2+. The van der Waals surface area contributed by atoms with Crippen LogP contribution in [0, 0.1) is 24.1 Å². The lowest BCUT2D eigenvalue weighted by molar-refractivity contribution is -0.679. The maximum absolute atomic E-state index is 13.5. The zero-order valence-corrected chi connectivity index (χ0v) is 13.0. The Morgan fingerprint density at radius 1 is 1.33 bits per heavy atom. The number of rotatable bonds is 3. The molecule has 1 aromatic carbocycles. The maximum Gasteiger partial charge on any atom is 0.354 e. The number of fused-ring (bicyclic) bond motifs is 1. The molecule has 0 fully saturated rings. The predicted octanol–water partition coefficient (Wildman–Crippen LogP) is 2.32. The number of aromatic nitrogens is 2. The van der Waals surface area contributed by atoms with Gasteiger partial charge in [-0.1, -0.05) is 12.1 Å². The van der Waals surface area contributed by atoms with Crippen LogP contribution in [0.1, 0.15) is 12.0 Å². The average molecular weight is 324 g/mol. The Balaban J connectivity index is 2.37. The third kappa shape index (κ3) is 2.50. The molecule has 0 atom stereocenters. The van der Waals surface area contributed by atoms with Gasteiger partial charge in [-0.2, -0.15) is 14.2 Å². The first-order valence-electron chi connectivity index (χ1n) is 7.44. The van der Waals surface area contributed by atoms with Crippen molar-refractivity contribution in [2.24, 2.45) is 0 Å². The predicted molar refractivity (Wildman–Crippen MR) is 85.9 cm³/mol. The van der Waals surface area contributed by atoms with Crippen molar-refractivity contribution in [3.63, 3.8) is 0 Å². The van der Waals surface area contributed by atoms with Gasteiger partial charge in [-0.25, -0.2) is 9.18 Å². The van der Waals surface area contributed by atoms with Gasteiger partial charge in [-0.15, -0.1) is 0 Å². The summed E-state index contributed by atoms with van der Waals surface area (Å²) in [6, 6.07) is 11.4. The average Bonchev–Trinajstić information content (AvgIpc) is 2.58. The van der Waals surface area contributed by atoms with Crippen LogP contribution in [0.2, 0.25) is 0 Å². The van der Waals surface area contributed by atoms with Crippen LogP contribution in [0.4, 0.5) is 4.39 Å². The lowest BCUT2D eigenvalue weighted by Gasteiger charge is -2.09. The summed E-state index contributed by atoms with van der Waals surface area (Å²) in [7, 11) is 0. The van der Waals surface area contributed by atoms with Gasteiger partial charge in [0.05, 0.1) is 18.7 Å². The first kappa shape index (κ1) is 15.7. The molecule has 1 N–H and O–H groups in total. The first-order valence-corrected chi connectivity index (χ1v) is 7.44. The summed E-state index contributed by atoms with van der Waals surface area (Å²) in [5.74, 6) is -0.607. The largest absolute Gasteiger partial charge is 0.477 e. The van der Waals surface area contributed by atoms with Gasteiger partial charge in [-0.3, -0.25) is 0 Å². The summed E-state index contributed by atoms with van der Waals surface area (Å²) < 4.78 is 16.4. The molecular weight excluding hydrogens is 309 g/mol. The second kappa shape index (κ2) is 6.13. The van der Waals surface area contributed by atoms with Crippen LogP contribution in [0.15, 0.2) is 47.4 Å².